The molecule has 2 aromatic rings. The highest BCUT2D eigenvalue weighted by Crippen LogP contribution is 2.23. The van der Waals surface area contributed by atoms with Crippen molar-refractivity contribution in [1.82, 2.24) is 25.4 Å². The summed E-state index contributed by atoms with van der Waals surface area (Å²) < 4.78 is 14.7. The Morgan fingerprint density at radius 3 is 2.75 bits per heavy atom. The van der Waals surface area contributed by atoms with Gasteiger partial charge < -0.3 is 20.4 Å². The summed E-state index contributed by atoms with van der Waals surface area (Å²) in [5.41, 5.74) is 1.65. The van der Waals surface area contributed by atoms with Gasteiger partial charge in [0.1, 0.15) is 11.9 Å². The number of rotatable bonds is 4. The highest BCUT2D eigenvalue weighted by atomic mass is 19.1. The Balaban J connectivity index is 1.57. The molecule has 10 heteroatoms. The molecule has 2 bridgehead atoms. The van der Waals surface area contributed by atoms with Crippen molar-refractivity contribution in [2.45, 2.75) is 64.5 Å². The minimum absolute atomic E-state index is 0.0450. The molecule has 2 aliphatic rings. The molecule has 9 nitrogen and oxygen atoms in total. The van der Waals surface area contributed by atoms with Gasteiger partial charge in [-0.25, -0.2) is 4.39 Å². The molecule has 1 fully saturated rings. The van der Waals surface area contributed by atoms with Gasteiger partial charge >= 0.3 is 0 Å². The predicted molar refractivity (Wildman–Crippen MR) is 148 cm³/mol. The summed E-state index contributed by atoms with van der Waals surface area (Å²) >= 11 is 0. The zero-order chi connectivity index (χ0) is 28.6. The molecule has 0 radical (unpaired) electrons. The topological polar surface area (TPSA) is 112 Å². The third kappa shape index (κ3) is 7.43. The Hall–Kier alpha value is -3.82. The molecule has 0 unspecified atom stereocenters. The summed E-state index contributed by atoms with van der Waals surface area (Å²) in [6.45, 7) is 4.63. The summed E-state index contributed by atoms with van der Waals surface area (Å²) in [5.74, 6) is -1.99. The molecule has 2 N–H and O–H groups in total. The normalized spacial score (nSPS) is 21.1. The number of nitrogens with zero attached hydrogens (tertiary/aromatic N) is 3. The van der Waals surface area contributed by atoms with Crippen LogP contribution in [-0.4, -0.2) is 76.7 Å². The predicted octanol–water partition coefficient (Wildman–Crippen LogP) is 2.49. The highest BCUT2D eigenvalue weighted by Gasteiger charge is 2.37. The van der Waals surface area contributed by atoms with Crippen LogP contribution in [0.2, 0.25) is 0 Å². The fourth-order valence-corrected chi connectivity index (χ4v) is 5.23. The lowest BCUT2D eigenvalue weighted by Gasteiger charge is -2.32. The second kappa shape index (κ2) is 13.5. The van der Waals surface area contributed by atoms with E-state index in [0.717, 1.165) is 11.1 Å². The van der Waals surface area contributed by atoms with Crippen molar-refractivity contribution in [3.05, 3.63) is 65.2 Å². The standard InChI is InChI=1S/C30H38FN5O4/c1-20(2)25-18-35(28(38)12-10-22-7-3-13-32-17-22)19-27(37)33-14-4-6-21-9-11-24(31)23(16-21)30(40)36-15-5-8-26(36)29(39)34-25/h3,7,9,11,13,16-17,20,25-26H,4-6,8,10,12,14-15,18-19H2,1-2H3,(H,33,37)(H,34,39)/t25-,26-/m0/s1. The van der Waals surface area contributed by atoms with Crippen molar-refractivity contribution in [3.63, 3.8) is 0 Å². The van der Waals surface area contributed by atoms with Crippen LogP contribution in [0.3, 0.4) is 0 Å². The minimum Gasteiger partial charge on any atom is -0.355 e. The van der Waals surface area contributed by atoms with Crippen molar-refractivity contribution in [2.24, 2.45) is 5.92 Å². The molecule has 214 valence electrons. The molecular formula is C30H38FN5O4. The highest BCUT2D eigenvalue weighted by molar-refractivity contribution is 5.98. The molecule has 4 amide bonds. The Morgan fingerprint density at radius 2 is 2.00 bits per heavy atom. The lowest BCUT2D eigenvalue weighted by atomic mass is 10.0. The van der Waals surface area contributed by atoms with E-state index >= 15 is 0 Å². The molecular weight excluding hydrogens is 513 g/mol. The van der Waals surface area contributed by atoms with Crippen molar-refractivity contribution in [1.29, 1.82) is 0 Å². The van der Waals surface area contributed by atoms with Gasteiger partial charge in [0, 0.05) is 44.5 Å². The van der Waals surface area contributed by atoms with Gasteiger partial charge in [0.15, 0.2) is 0 Å². The zero-order valence-corrected chi connectivity index (χ0v) is 23.2. The number of hydrogen-bond donors (Lipinski definition) is 2. The van der Waals surface area contributed by atoms with Crippen LogP contribution in [0.5, 0.6) is 0 Å². The first-order valence-corrected chi connectivity index (χ1v) is 14.1. The van der Waals surface area contributed by atoms with Crippen LogP contribution in [0, 0.1) is 11.7 Å². The third-order valence-corrected chi connectivity index (χ3v) is 7.63. The fourth-order valence-electron chi connectivity index (χ4n) is 5.23. The van der Waals surface area contributed by atoms with E-state index in [-0.39, 0.29) is 48.7 Å². The molecule has 0 saturated carbocycles. The Morgan fingerprint density at radius 1 is 1.18 bits per heavy atom. The van der Waals surface area contributed by atoms with Crippen LogP contribution in [-0.2, 0) is 27.2 Å². The SMILES string of the molecule is CC(C)[C@@H]1CN(C(=O)CCc2cccnc2)CC(=O)NCCCc2ccc(F)c(c2)C(=O)N2CCC[C@H]2C(=O)N1. The maximum atomic E-state index is 14.7. The van der Waals surface area contributed by atoms with Gasteiger partial charge in [0.25, 0.3) is 5.91 Å². The summed E-state index contributed by atoms with van der Waals surface area (Å²) in [6, 6.07) is 6.99. The zero-order valence-electron chi connectivity index (χ0n) is 23.2. The second-order valence-electron chi connectivity index (χ2n) is 10.9. The number of carbonyl (C=O) groups excluding carboxylic acids is 4. The van der Waals surface area contributed by atoms with E-state index in [2.05, 4.69) is 15.6 Å². The molecule has 2 aliphatic heterocycles. The number of fused-ring (bicyclic) bond motifs is 3. The molecule has 3 heterocycles. The first kappa shape index (κ1) is 29.2. The molecule has 2 atom stereocenters. The number of hydrogen-bond acceptors (Lipinski definition) is 5. The van der Waals surface area contributed by atoms with Crippen LogP contribution in [0.4, 0.5) is 4.39 Å². The van der Waals surface area contributed by atoms with Gasteiger partial charge in [-0.15, -0.1) is 0 Å². The Bertz CT molecular complexity index is 1220. The third-order valence-electron chi connectivity index (χ3n) is 7.63. The summed E-state index contributed by atoms with van der Waals surface area (Å²) in [4.78, 5) is 60.1. The number of aryl methyl sites for hydroxylation is 2. The van der Waals surface area contributed by atoms with E-state index < -0.39 is 23.8 Å². The van der Waals surface area contributed by atoms with Crippen LogP contribution in [0.15, 0.2) is 42.7 Å². The molecule has 1 saturated heterocycles. The first-order valence-electron chi connectivity index (χ1n) is 14.1. The number of halogens is 1. The van der Waals surface area contributed by atoms with Gasteiger partial charge in [0.05, 0.1) is 12.1 Å². The van der Waals surface area contributed by atoms with Gasteiger partial charge in [0.2, 0.25) is 17.7 Å². The summed E-state index contributed by atoms with van der Waals surface area (Å²) in [5, 5.41) is 5.90. The molecule has 0 aliphatic carbocycles. The monoisotopic (exact) mass is 551 g/mol. The van der Waals surface area contributed by atoms with Crippen LogP contribution in [0.1, 0.15) is 61.0 Å². The molecule has 40 heavy (non-hydrogen) atoms. The molecule has 1 aromatic heterocycles. The Labute approximate surface area is 234 Å². The van der Waals surface area contributed by atoms with E-state index in [9.17, 15) is 23.6 Å². The maximum Gasteiger partial charge on any atom is 0.257 e. The van der Waals surface area contributed by atoms with E-state index in [1.54, 1.807) is 24.5 Å². The number of benzene rings is 1. The molecule has 0 spiro atoms. The van der Waals surface area contributed by atoms with Crippen LogP contribution in [0.25, 0.3) is 0 Å². The van der Waals surface area contributed by atoms with Gasteiger partial charge in [-0.05, 0) is 67.3 Å². The number of amides is 4. The summed E-state index contributed by atoms with van der Waals surface area (Å²) in [6.07, 6.45) is 6.29. The van der Waals surface area contributed by atoms with E-state index in [1.165, 1.54) is 15.9 Å². The quantitative estimate of drug-likeness (QED) is 0.607. The van der Waals surface area contributed by atoms with Gasteiger partial charge in [-0.3, -0.25) is 24.2 Å². The molecule has 1 aromatic carbocycles. The Kier molecular flexibility index (Phi) is 9.84. The minimum atomic E-state index is -0.731. The van der Waals surface area contributed by atoms with Crippen LogP contribution >= 0.6 is 0 Å². The lowest BCUT2D eigenvalue weighted by molar-refractivity contribution is -0.137. The molecule has 4 rings (SSSR count). The van der Waals surface area contributed by atoms with Crippen molar-refractivity contribution in [3.8, 4) is 0 Å². The number of nitrogens with one attached hydrogen (secondary N) is 2. The number of pyridine rings is 1. The number of carbonyl (C=O) groups is 4. The van der Waals surface area contributed by atoms with Crippen LogP contribution < -0.4 is 10.6 Å². The second-order valence-corrected chi connectivity index (χ2v) is 10.9. The lowest BCUT2D eigenvalue weighted by Crippen LogP contribution is -2.54. The average Bonchev–Trinajstić information content (AvgIpc) is 3.44. The smallest absolute Gasteiger partial charge is 0.257 e. The van der Waals surface area contributed by atoms with Gasteiger partial charge in [-0.2, -0.15) is 0 Å². The van der Waals surface area contributed by atoms with Crippen molar-refractivity contribution >= 4 is 23.6 Å². The van der Waals surface area contributed by atoms with Gasteiger partial charge in [-0.1, -0.05) is 26.0 Å². The summed E-state index contributed by atoms with van der Waals surface area (Å²) in [7, 11) is 0. The van der Waals surface area contributed by atoms with Crippen molar-refractivity contribution in [2.75, 3.05) is 26.2 Å². The van der Waals surface area contributed by atoms with E-state index in [0.29, 0.717) is 45.2 Å². The largest absolute Gasteiger partial charge is 0.355 e. The average molecular weight is 552 g/mol. The maximum absolute atomic E-state index is 14.7. The van der Waals surface area contributed by atoms with E-state index in [1.807, 2.05) is 26.0 Å². The van der Waals surface area contributed by atoms with E-state index in [4.69, 9.17) is 0 Å². The fraction of sp³-hybridized carbons (Fsp3) is 0.500. The number of aromatic nitrogens is 1. The first-order chi connectivity index (χ1) is 19.2. The van der Waals surface area contributed by atoms with Crippen molar-refractivity contribution < 1.29 is 23.6 Å².